The number of amides is 1. The quantitative estimate of drug-likeness (QED) is 0.486. The minimum absolute atomic E-state index is 0.0482. The van der Waals surface area contributed by atoms with Crippen molar-refractivity contribution in [3.8, 4) is 5.75 Å². The van der Waals surface area contributed by atoms with E-state index in [1.165, 1.54) is 11.3 Å². The van der Waals surface area contributed by atoms with Crippen LogP contribution in [0.1, 0.15) is 27.9 Å². The lowest BCUT2D eigenvalue weighted by Gasteiger charge is -2.27. The van der Waals surface area contributed by atoms with Crippen LogP contribution in [0.3, 0.4) is 0 Å². The van der Waals surface area contributed by atoms with Crippen molar-refractivity contribution >= 4 is 44.2 Å². The van der Waals surface area contributed by atoms with Gasteiger partial charge in [0.05, 0.1) is 30.0 Å². The standard InChI is InChI=1S/C24H28ClN3O3S/c1-16-13-17(2)15-18(14-16)23(29)28(8-4-7-27-9-11-31-12-10-27)24-26-21-20(30-3)6-5-19(25)22(21)32-24/h5-6,13-15H,4,7-12H2,1-3H3. The summed E-state index contributed by atoms with van der Waals surface area (Å²) >= 11 is 7.87. The maximum Gasteiger partial charge on any atom is 0.260 e. The Morgan fingerprint density at radius 1 is 1.22 bits per heavy atom. The van der Waals surface area contributed by atoms with Gasteiger partial charge in [0, 0.05) is 31.7 Å². The summed E-state index contributed by atoms with van der Waals surface area (Å²) in [5.41, 5.74) is 3.49. The Hall–Kier alpha value is -2.19. The second kappa shape index (κ2) is 10.2. The zero-order valence-corrected chi connectivity index (χ0v) is 20.3. The van der Waals surface area contributed by atoms with Crippen LogP contribution in [0.15, 0.2) is 30.3 Å². The number of morpholine rings is 1. The van der Waals surface area contributed by atoms with Crippen LogP contribution in [0.5, 0.6) is 5.75 Å². The molecule has 4 rings (SSSR count). The van der Waals surface area contributed by atoms with Gasteiger partial charge in [-0.2, -0.15) is 0 Å². The Kier molecular flexibility index (Phi) is 7.30. The monoisotopic (exact) mass is 473 g/mol. The molecule has 3 aromatic rings. The number of hydrogen-bond acceptors (Lipinski definition) is 6. The summed E-state index contributed by atoms with van der Waals surface area (Å²) in [6, 6.07) is 9.56. The number of thiazole rings is 1. The van der Waals surface area contributed by atoms with E-state index >= 15 is 0 Å². The molecular weight excluding hydrogens is 446 g/mol. The van der Waals surface area contributed by atoms with Crippen LogP contribution in [-0.4, -0.2) is 62.3 Å². The van der Waals surface area contributed by atoms with Crippen LogP contribution >= 0.6 is 22.9 Å². The number of halogens is 1. The number of benzene rings is 2. The number of ether oxygens (including phenoxy) is 2. The van der Waals surface area contributed by atoms with Crippen LogP contribution < -0.4 is 9.64 Å². The van der Waals surface area contributed by atoms with E-state index in [9.17, 15) is 4.79 Å². The molecule has 32 heavy (non-hydrogen) atoms. The van der Waals surface area contributed by atoms with E-state index in [1.54, 1.807) is 18.1 Å². The van der Waals surface area contributed by atoms with Crippen molar-refractivity contribution in [2.75, 3.05) is 51.4 Å². The van der Waals surface area contributed by atoms with E-state index in [0.717, 1.165) is 55.1 Å². The number of carbonyl (C=O) groups is 1. The third kappa shape index (κ3) is 5.07. The number of anilines is 1. The maximum absolute atomic E-state index is 13.6. The zero-order chi connectivity index (χ0) is 22.7. The molecule has 170 valence electrons. The summed E-state index contributed by atoms with van der Waals surface area (Å²) in [7, 11) is 1.61. The molecule has 0 aliphatic carbocycles. The molecule has 1 aliphatic heterocycles. The Labute approximate surface area is 197 Å². The SMILES string of the molecule is COc1ccc(Cl)c2sc(N(CCCN3CCOCC3)C(=O)c3cc(C)cc(C)c3)nc12. The first-order chi connectivity index (χ1) is 15.5. The molecule has 1 fully saturated rings. The molecule has 1 saturated heterocycles. The van der Waals surface area contributed by atoms with Gasteiger partial charge >= 0.3 is 0 Å². The number of methoxy groups -OCH3 is 1. The second-order valence-electron chi connectivity index (χ2n) is 8.06. The molecule has 0 atom stereocenters. The van der Waals surface area contributed by atoms with Gasteiger partial charge in [0.25, 0.3) is 5.91 Å². The van der Waals surface area contributed by atoms with Gasteiger partial charge in [-0.3, -0.25) is 14.6 Å². The average Bonchev–Trinajstić information content (AvgIpc) is 3.23. The van der Waals surface area contributed by atoms with Crippen LogP contribution in [-0.2, 0) is 4.74 Å². The zero-order valence-electron chi connectivity index (χ0n) is 18.7. The highest BCUT2D eigenvalue weighted by molar-refractivity contribution is 7.23. The minimum Gasteiger partial charge on any atom is -0.494 e. The lowest BCUT2D eigenvalue weighted by atomic mass is 10.1. The summed E-state index contributed by atoms with van der Waals surface area (Å²) in [6.07, 6.45) is 0.845. The molecule has 2 heterocycles. The van der Waals surface area contributed by atoms with Crippen molar-refractivity contribution < 1.29 is 14.3 Å². The highest BCUT2D eigenvalue weighted by Gasteiger charge is 2.24. The van der Waals surface area contributed by atoms with E-state index in [4.69, 9.17) is 26.1 Å². The van der Waals surface area contributed by atoms with Gasteiger partial charge in [-0.05, 0) is 44.5 Å². The fourth-order valence-corrected chi connectivity index (χ4v) is 5.32. The molecular formula is C24H28ClN3O3S. The van der Waals surface area contributed by atoms with Crippen molar-refractivity contribution in [2.24, 2.45) is 0 Å². The Morgan fingerprint density at radius 2 is 1.94 bits per heavy atom. The van der Waals surface area contributed by atoms with Gasteiger partial charge in [0.2, 0.25) is 0 Å². The highest BCUT2D eigenvalue weighted by Crippen LogP contribution is 2.39. The predicted molar refractivity (Wildman–Crippen MR) is 131 cm³/mol. The normalized spacial score (nSPS) is 14.6. The van der Waals surface area contributed by atoms with Crippen molar-refractivity contribution in [3.63, 3.8) is 0 Å². The number of aromatic nitrogens is 1. The molecule has 0 spiro atoms. The van der Waals surface area contributed by atoms with Crippen LogP contribution in [0.2, 0.25) is 5.02 Å². The van der Waals surface area contributed by atoms with E-state index in [2.05, 4.69) is 11.0 Å². The fraction of sp³-hybridized carbons (Fsp3) is 0.417. The Balaban J connectivity index is 1.65. The largest absolute Gasteiger partial charge is 0.494 e. The van der Waals surface area contributed by atoms with Crippen molar-refractivity contribution in [1.82, 2.24) is 9.88 Å². The highest BCUT2D eigenvalue weighted by atomic mass is 35.5. The minimum atomic E-state index is -0.0482. The first-order valence-electron chi connectivity index (χ1n) is 10.8. The van der Waals surface area contributed by atoms with E-state index < -0.39 is 0 Å². The first-order valence-corrected chi connectivity index (χ1v) is 12.0. The molecule has 0 saturated carbocycles. The molecule has 2 aromatic carbocycles. The number of nitrogens with zero attached hydrogens (tertiary/aromatic N) is 3. The number of rotatable bonds is 7. The van der Waals surface area contributed by atoms with Gasteiger partial charge in [0.15, 0.2) is 5.13 Å². The van der Waals surface area contributed by atoms with Gasteiger partial charge in [0.1, 0.15) is 11.3 Å². The molecule has 1 aliphatic rings. The number of hydrogen-bond donors (Lipinski definition) is 0. The maximum atomic E-state index is 13.6. The summed E-state index contributed by atoms with van der Waals surface area (Å²) in [5.74, 6) is 0.604. The van der Waals surface area contributed by atoms with Crippen molar-refractivity contribution in [1.29, 1.82) is 0 Å². The Morgan fingerprint density at radius 3 is 2.62 bits per heavy atom. The lowest BCUT2D eigenvalue weighted by molar-refractivity contribution is 0.0376. The summed E-state index contributed by atoms with van der Waals surface area (Å²) in [6.45, 7) is 8.89. The second-order valence-corrected chi connectivity index (χ2v) is 9.45. The van der Waals surface area contributed by atoms with Crippen LogP contribution in [0, 0.1) is 13.8 Å². The fourth-order valence-electron chi connectivity index (χ4n) is 4.04. The third-order valence-electron chi connectivity index (χ3n) is 5.57. The van der Waals surface area contributed by atoms with E-state index in [-0.39, 0.29) is 5.91 Å². The van der Waals surface area contributed by atoms with E-state index in [1.807, 2.05) is 32.0 Å². The van der Waals surface area contributed by atoms with Crippen molar-refractivity contribution in [2.45, 2.75) is 20.3 Å². The van der Waals surface area contributed by atoms with Crippen molar-refractivity contribution in [3.05, 3.63) is 52.0 Å². The summed E-state index contributed by atoms with van der Waals surface area (Å²) in [4.78, 5) is 22.6. The van der Waals surface area contributed by atoms with Gasteiger partial charge in [-0.15, -0.1) is 0 Å². The van der Waals surface area contributed by atoms with E-state index in [0.29, 0.717) is 33.5 Å². The average molecular weight is 474 g/mol. The molecule has 1 aromatic heterocycles. The van der Waals surface area contributed by atoms with Gasteiger partial charge in [-0.1, -0.05) is 40.1 Å². The van der Waals surface area contributed by atoms with Crippen LogP contribution in [0.4, 0.5) is 5.13 Å². The number of aryl methyl sites for hydroxylation is 2. The first kappa shape index (κ1) is 23.0. The lowest BCUT2D eigenvalue weighted by Crippen LogP contribution is -2.39. The summed E-state index contributed by atoms with van der Waals surface area (Å²) < 4.78 is 11.7. The van der Waals surface area contributed by atoms with Gasteiger partial charge < -0.3 is 9.47 Å². The molecule has 8 heteroatoms. The smallest absolute Gasteiger partial charge is 0.260 e. The topological polar surface area (TPSA) is 54.9 Å². The molecule has 1 amide bonds. The Bertz CT molecular complexity index is 1090. The molecule has 0 unspecified atom stereocenters. The number of carbonyl (C=O) groups excluding carboxylic acids is 1. The molecule has 0 bridgehead atoms. The summed E-state index contributed by atoms with van der Waals surface area (Å²) in [5, 5.41) is 1.24. The predicted octanol–water partition coefficient (Wildman–Crippen LogP) is 4.94. The molecule has 0 N–H and O–H groups in total. The third-order valence-corrected chi connectivity index (χ3v) is 7.11. The molecule has 6 nitrogen and oxygen atoms in total. The number of fused-ring (bicyclic) bond motifs is 1. The van der Waals surface area contributed by atoms with Crippen LogP contribution in [0.25, 0.3) is 10.2 Å². The molecule has 0 radical (unpaired) electrons. The van der Waals surface area contributed by atoms with Gasteiger partial charge in [-0.25, -0.2) is 4.98 Å².